The fraction of sp³-hybridized carbons (Fsp3) is 0.810. The molecule has 156 valence electrons. The molecular formula is C21H37NO5. The highest BCUT2D eigenvalue weighted by Gasteiger charge is 2.48. The van der Waals surface area contributed by atoms with Crippen LogP contribution >= 0.6 is 0 Å². The van der Waals surface area contributed by atoms with Crippen molar-refractivity contribution >= 4 is 12.1 Å². The average Bonchev–Trinajstić information content (AvgIpc) is 2.79. The lowest BCUT2D eigenvalue weighted by atomic mass is 9.87. The minimum atomic E-state index is -0.729. The number of esters is 1. The molecule has 1 aliphatic rings. The van der Waals surface area contributed by atoms with Gasteiger partial charge < -0.3 is 14.2 Å². The maximum absolute atomic E-state index is 12.9. The molecule has 0 spiro atoms. The Balaban J connectivity index is 3.00. The van der Waals surface area contributed by atoms with Crippen LogP contribution in [0.4, 0.5) is 4.79 Å². The van der Waals surface area contributed by atoms with E-state index in [1.165, 1.54) is 6.08 Å². The molecule has 2 atom stereocenters. The van der Waals surface area contributed by atoms with E-state index in [1.54, 1.807) is 11.8 Å². The first-order chi connectivity index (χ1) is 12.4. The fourth-order valence-electron chi connectivity index (χ4n) is 3.39. The number of hydrogen-bond acceptors (Lipinski definition) is 5. The zero-order chi connectivity index (χ0) is 20.8. The first-order valence-corrected chi connectivity index (χ1v) is 9.87. The molecule has 0 radical (unpaired) electrons. The summed E-state index contributed by atoms with van der Waals surface area (Å²) in [4.78, 5) is 26.2. The standard InChI is InChI=1S/C21H37NO5/c1-9-25-18(23)12-10-11-16(13-15(2)3)17-14-26-21(7,8)22(17)19(24)27-20(4,5)6/h10,12,15-17H,9,11,13-14H2,1-8H3/b12-10+/t16-,17-/m0/s1. The van der Waals surface area contributed by atoms with Gasteiger partial charge in [0.25, 0.3) is 0 Å². The van der Waals surface area contributed by atoms with Crippen LogP contribution in [0.1, 0.15) is 68.2 Å². The van der Waals surface area contributed by atoms with E-state index in [2.05, 4.69) is 13.8 Å². The molecule has 6 heteroatoms. The molecule has 1 fully saturated rings. The van der Waals surface area contributed by atoms with E-state index < -0.39 is 11.3 Å². The summed E-state index contributed by atoms with van der Waals surface area (Å²) in [5.74, 6) is 0.271. The van der Waals surface area contributed by atoms with E-state index in [9.17, 15) is 9.59 Å². The molecule has 1 amide bonds. The second kappa shape index (κ2) is 9.58. The van der Waals surface area contributed by atoms with Crippen molar-refractivity contribution in [1.82, 2.24) is 4.90 Å². The topological polar surface area (TPSA) is 65.1 Å². The number of carbonyl (C=O) groups excluding carboxylic acids is 2. The third-order valence-electron chi connectivity index (χ3n) is 4.41. The summed E-state index contributed by atoms with van der Waals surface area (Å²) < 4.78 is 16.5. The van der Waals surface area contributed by atoms with Crippen LogP contribution < -0.4 is 0 Å². The van der Waals surface area contributed by atoms with E-state index in [0.29, 0.717) is 25.6 Å². The summed E-state index contributed by atoms with van der Waals surface area (Å²) in [6, 6.07) is -0.107. The van der Waals surface area contributed by atoms with Crippen molar-refractivity contribution < 1.29 is 23.8 Å². The van der Waals surface area contributed by atoms with Gasteiger partial charge in [-0.25, -0.2) is 9.59 Å². The van der Waals surface area contributed by atoms with E-state index >= 15 is 0 Å². The zero-order valence-electron chi connectivity index (χ0n) is 18.2. The first-order valence-electron chi connectivity index (χ1n) is 9.87. The predicted molar refractivity (Wildman–Crippen MR) is 105 cm³/mol. The van der Waals surface area contributed by atoms with Gasteiger partial charge in [-0.05, 0) is 66.2 Å². The third-order valence-corrected chi connectivity index (χ3v) is 4.41. The molecule has 6 nitrogen and oxygen atoms in total. The number of hydrogen-bond donors (Lipinski definition) is 0. The zero-order valence-corrected chi connectivity index (χ0v) is 18.2. The van der Waals surface area contributed by atoms with Gasteiger partial charge in [-0.15, -0.1) is 0 Å². The third kappa shape index (κ3) is 7.53. The quantitative estimate of drug-likeness (QED) is 0.477. The molecule has 0 aromatic rings. The summed E-state index contributed by atoms with van der Waals surface area (Å²) in [6.07, 6.45) is 4.52. The highest BCUT2D eigenvalue weighted by molar-refractivity contribution is 5.81. The maximum Gasteiger partial charge on any atom is 0.412 e. The SMILES string of the molecule is CCOC(=O)/C=C/C[C@@H](CC(C)C)[C@@H]1COC(C)(C)N1C(=O)OC(C)(C)C. The van der Waals surface area contributed by atoms with Gasteiger partial charge in [0.05, 0.1) is 19.3 Å². The van der Waals surface area contributed by atoms with Crippen molar-refractivity contribution in [3.8, 4) is 0 Å². The highest BCUT2D eigenvalue weighted by atomic mass is 16.6. The Bertz CT molecular complexity index is 533. The van der Waals surface area contributed by atoms with Gasteiger partial charge in [-0.3, -0.25) is 4.90 Å². The molecule has 0 aliphatic carbocycles. The lowest BCUT2D eigenvalue weighted by Crippen LogP contribution is -2.52. The Morgan fingerprint density at radius 3 is 2.44 bits per heavy atom. The van der Waals surface area contributed by atoms with E-state index in [1.807, 2.05) is 40.7 Å². The molecule has 1 heterocycles. The van der Waals surface area contributed by atoms with Crippen LogP contribution in [0.15, 0.2) is 12.2 Å². The molecule has 0 N–H and O–H groups in total. The van der Waals surface area contributed by atoms with Crippen molar-refractivity contribution in [2.45, 2.75) is 85.6 Å². The Labute approximate surface area is 164 Å². The van der Waals surface area contributed by atoms with Crippen LogP contribution in [0.5, 0.6) is 0 Å². The Morgan fingerprint density at radius 2 is 1.93 bits per heavy atom. The Kier molecular flexibility index (Phi) is 8.33. The van der Waals surface area contributed by atoms with Crippen LogP contribution in [-0.4, -0.2) is 47.5 Å². The van der Waals surface area contributed by atoms with Gasteiger partial charge in [0, 0.05) is 6.08 Å². The monoisotopic (exact) mass is 383 g/mol. The highest BCUT2D eigenvalue weighted by Crippen LogP contribution is 2.36. The lowest BCUT2D eigenvalue weighted by Gasteiger charge is -2.38. The maximum atomic E-state index is 12.9. The number of nitrogens with zero attached hydrogens (tertiary/aromatic N) is 1. The molecular weight excluding hydrogens is 346 g/mol. The molecule has 1 rings (SSSR count). The molecule has 0 aromatic carbocycles. The molecule has 1 aliphatic heterocycles. The van der Waals surface area contributed by atoms with Gasteiger partial charge in [-0.2, -0.15) is 0 Å². The van der Waals surface area contributed by atoms with Gasteiger partial charge in [-0.1, -0.05) is 19.9 Å². The summed E-state index contributed by atoms with van der Waals surface area (Å²) in [5, 5.41) is 0. The number of carbonyl (C=O) groups is 2. The molecule has 1 saturated heterocycles. The van der Waals surface area contributed by atoms with E-state index in [4.69, 9.17) is 14.2 Å². The average molecular weight is 384 g/mol. The molecule has 0 unspecified atom stereocenters. The Morgan fingerprint density at radius 1 is 1.30 bits per heavy atom. The fourth-order valence-corrected chi connectivity index (χ4v) is 3.39. The summed E-state index contributed by atoms with van der Waals surface area (Å²) >= 11 is 0. The summed E-state index contributed by atoms with van der Waals surface area (Å²) in [5.41, 5.74) is -1.30. The van der Waals surface area contributed by atoms with Crippen LogP contribution in [0.3, 0.4) is 0 Å². The van der Waals surface area contributed by atoms with Crippen molar-refractivity contribution in [3.63, 3.8) is 0 Å². The minimum absolute atomic E-state index is 0.107. The van der Waals surface area contributed by atoms with Crippen molar-refractivity contribution in [1.29, 1.82) is 0 Å². The minimum Gasteiger partial charge on any atom is -0.463 e. The Hall–Kier alpha value is -1.56. The van der Waals surface area contributed by atoms with Crippen LogP contribution in [0.2, 0.25) is 0 Å². The van der Waals surface area contributed by atoms with Gasteiger partial charge in [0.15, 0.2) is 0 Å². The largest absolute Gasteiger partial charge is 0.463 e. The van der Waals surface area contributed by atoms with Gasteiger partial charge >= 0.3 is 12.1 Å². The van der Waals surface area contributed by atoms with Gasteiger partial charge in [0.1, 0.15) is 11.3 Å². The smallest absolute Gasteiger partial charge is 0.412 e. The molecule has 27 heavy (non-hydrogen) atoms. The number of allylic oxidation sites excluding steroid dienone is 1. The summed E-state index contributed by atoms with van der Waals surface area (Å²) in [7, 11) is 0. The molecule has 0 saturated carbocycles. The van der Waals surface area contributed by atoms with E-state index in [0.717, 1.165) is 6.42 Å². The molecule has 0 aromatic heterocycles. The number of rotatable bonds is 7. The predicted octanol–water partition coefficient (Wildman–Crippen LogP) is 4.53. The molecule has 0 bridgehead atoms. The van der Waals surface area contributed by atoms with Gasteiger partial charge in [0.2, 0.25) is 0 Å². The normalized spacial score (nSPS) is 20.9. The second-order valence-corrected chi connectivity index (χ2v) is 8.96. The van der Waals surface area contributed by atoms with E-state index in [-0.39, 0.29) is 24.0 Å². The van der Waals surface area contributed by atoms with Crippen LogP contribution in [0.25, 0.3) is 0 Å². The second-order valence-electron chi connectivity index (χ2n) is 8.96. The lowest BCUT2D eigenvalue weighted by molar-refractivity contribution is -0.137. The summed E-state index contributed by atoms with van der Waals surface area (Å²) in [6.45, 7) is 16.3. The van der Waals surface area contributed by atoms with Crippen molar-refractivity contribution in [3.05, 3.63) is 12.2 Å². The first kappa shape index (κ1) is 23.5. The van der Waals surface area contributed by atoms with Crippen molar-refractivity contribution in [2.75, 3.05) is 13.2 Å². The van der Waals surface area contributed by atoms with Crippen molar-refractivity contribution in [2.24, 2.45) is 11.8 Å². The van der Waals surface area contributed by atoms with Crippen LogP contribution in [-0.2, 0) is 19.0 Å². The number of ether oxygens (including phenoxy) is 3. The number of amides is 1. The van der Waals surface area contributed by atoms with Crippen LogP contribution in [0, 0.1) is 11.8 Å².